The zero-order valence-corrected chi connectivity index (χ0v) is 33.6. The third-order valence-electron chi connectivity index (χ3n) is 11.3. The molecule has 51 heavy (non-hydrogen) atoms. The van der Waals surface area contributed by atoms with E-state index in [1.807, 2.05) is 0 Å². The summed E-state index contributed by atoms with van der Waals surface area (Å²) in [6, 6.07) is 24.1. The fraction of sp³-hybridized carbons (Fsp3) is 0.591. The number of nitrogens with one attached hydrogen (secondary N) is 4. The Morgan fingerprint density at radius 2 is 1.33 bits per heavy atom. The van der Waals surface area contributed by atoms with Crippen molar-refractivity contribution in [2.45, 2.75) is 148 Å². The van der Waals surface area contributed by atoms with E-state index in [0.717, 1.165) is 22.6 Å². The summed E-state index contributed by atoms with van der Waals surface area (Å²) in [5.74, 6) is 0.885. The van der Waals surface area contributed by atoms with Crippen LogP contribution in [0.2, 0.25) is 0 Å². The molecule has 4 N–H and O–H groups in total. The molecule has 1 unspecified atom stereocenters. The molecule has 2 saturated carbocycles. The zero-order chi connectivity index (χ0) is 35.0. The van der Waals surface area contributed by atoms with Crippen molar-refractivity contribution in [3.63, 3.8) is 0 Å². The van der Waals surface area contributed by atoms with Gasteiger partial charge in [-0.1, -0.05) is 127 Å². The fourth-order valence-corrected chi connectivity index (χ4v) is 13.3. The summed E-state index contributed by atoms with van der Waals surface area (Å²) >= 11 is 0. The molecule has 0 heterocycles. The number of carbonyl (C=O) groups is 1. The molecule has 280 valence electrons. The first-order valence-electron chi connectivity index (χ1n) is 20.4. The summed E-state index contributed by atoms with van der Waals surface area (Å²) in [6.07, 6.45) is 25.8. The van der Waals surface area contributed by atoms with Gasteiger partial charge in [0.1, 0.15) is 0 Å². The summed E-state index contributed by atoms with van der Waals surface area (Å²) in [5, 5.41) is 13.3. The van der Waals surface area contributed by atoms with Gasteiger partial charge in [0, 0.05) is 12.9 Å². The van der Waals surface area contributed by atoms with E-state index in [-0.39, 0.29) is 18.3 Å². The zero-order valence-electron chi connectivity index (χ0n) is 32.0. The summed E-state index contributed by atoms with van der Waals surface area (Å²) < 4.78 is 0. The molecule has 0 radical (unpaired) electrons. The van der Waals surface area contributed by atoms with Crippen molar-refractivity contribution < 1.29 is 22.2 Å². The number of rotatable bonds is 17. The molecule has 3 aromatic rings. The van der Waals surface area contributed by atoms with Gasteiger partial charge in [0.2, 0.25) is 0 Å². The highest BCUT2D eigenvalue weighted by atomic mass is 35.5. The molecule has 3 aromatic carbocycles. The topological polar surface area (TPSA) is 67.1 Å². The third kappa shape index (κ3) is 12.8. The van der Waals surface area contributed by atoms with Crippen molar-refractivity contribution >= 4 is 35.6 Å². The molecule has 2 aliphatic rings. The van der Waals surface area contributed by atoms with Gasteiger partial charge in [0.15, 0.2) is 6.04 Å². The first kappa shape index (κ1) is 41.1. The minimum Gasteiger partial charge on any atom is -1.00 e. The van der Waals surface area contributed by atoms with Crippen molar-refractivity contribution in [3.8, 4) is 0 Å². The molecule has 2 aliphatic carbocycles. The SMILES string of the molecule is CCCC[P+](CCCC)(CCCC)Cc1ccc(NC(=O)C(NC(NC2CCCCC2)=[NH+]C2CCCCC2)c2ccc3ccccc3c2)cc1.[Cl-]. The molecule has 0 bridgehead atoms. The van der Waals surface area contributed by atoms with E-state index in [4.69, 9.17) is 0 Å². The number of hydrogen-bond acceptors (Lipinski definition) is 1. The smallest absolute Gasteiger partial charge is 0.344 e. The Labute approximate surface area is 316 Å². The van der Waals surface area contributed by atoms with Crippen molar-refractivity contribution in [3.05, 3.63) is 77.9 Å². The highest BCUT2D eigenvalue weighted by molar-refractivity contribution is 7.75. The standard InChI is InChI=1S/C44H65N4OP.ClH/c1-4-7-30-50(31-8-5-2,32-9-6-3)34-35-24-28-41(29-25-35)45-43(49)42(38-27-26-36-18-16-17-19-37(36)33-38)48-44(46-39-20-12-10-13-21-39)47-40-22-14-11-15-23-40;/h16-19,24-29,33,39-40,42H,4-15,20-23,30-32,34H2,1-3H3,(H2-,45,46,47,48,49);1H/p+1. The van der Waals surface area contributed by atoms with Gasteiger partial charge in [-0.3, -0.25) is 20.4 Å². The van der Waals surface area contributed by atoms with Crippen LogP contribution < -0.4 is 33.3 Å². The third-order valence-corrected chi connectivity index (χ3v) is 16.1. The Morgan fingerprint density at radius 3 is 1.94 bits per heavy atom. The van der Waals surface area contributed by atoms with Gasteiger partial charge < -0.3 is 17.7 Å². The van der Waals surface area contributed by atoms with Gasteiger partial charge >= 0.3 is 5.96 Å². The lowest BCUT2D eigenvalue weighted by atomic mass is 9.95. The van der Waals surface area contributed by atoms with Crippen molar-refractivity contribution in [2.75, 3.05) is 23.8 Å². The summed E-state index contributed by atoms with van der Waals surface area (Å²) in [4.78, 5) is 18.2. The predicted octanol–water partition coefficient (Wildman–Crippen LogP) is 6.72. The van der Waals surface area contributed by atoms with E-state index >= 15 is 0 Å². The Morgan fingerprint density at radius 1 is 0.745 bits per heavy atom. The second-order valence-corrected chi connectivity index (χ2v) is 19.8. The van der Waals surface area contributed by atoms with Crippen LogP contribution in [0.15, 0.2) is 66.7 Å². The molecule has 5 nitrogen and oxygen atoms in total. The van der Waals surface area contributed by atoms with Crippen LogP contribution in [-0.4, -0.2) is 42.4 Å². The van der Waals surface area contributed by atoms with Gasteiger partial charge in [-0.05, 0) is 85.0 Å². The lowest BCUT2D eigenvalue weighted by Gasteiger charge is -2.28. The summed E-state index contributed by atoms with van der Waals surface area (Å²) in [7, 11) is -1.05. The maximum absolute atomic E-state index is 14.4. The predicted molar refractivity (Wildman–Crippen MR) is 218 cm³/mol. The first-order chi connectivity index (χ1) is 24.5. The maximum Gasteiger partial charge on any atom is 0.344 e. The number of halogens is 1. The first-order valence-corrected chi connectivity index (χ1v) is 22.9. The highest BCUT2D eigenvalue weighted by Gasteiger charge is 2.36. The molecular weight excluding hydrogens is 667 g/mol. The van der Waals surface area contributed by atoms with Gasteiger partial charge in [0.05, 0.1) is 36.7 Å². The largest absolute Gasteiger partial charge is 1.00 e. The van der Waals surface area contributed by atoms with Crippen LogP contribution >= 0.6 is 7.26 Å². The fourth-order valence-electron chi connectivity index (χ4n) is 8.21. The summed E-state index contributed by atoms with van der Waals surface area (Å²) in [5.41, 5.74) is 3.28. The second-order valence-electron chi connectivity index (χ2n) is 15.4. The lowest BCUT2D eigenvalue weighted by Crippen LogP contribution is -3.00. The van der Waals surface area contributed by atoms with Crippen LogP contribution in [0.3, 0.4) is 0 Å². The number of fused-ring (bicyclic) bond motifs is 1. The van der Waals surface area contributed by atoms with Gasteiger partial charge in [-0.2, -0.15) is 0 Å². The number of guanidine groups is 1. The Bertz CT molecular complexity index is 1460. The van der Waals surface area contributed by atoms with Crippen molar-refractivity contribution in [1.29, 1.82) is 0 Å². The quantitative estimate of drug-likeness (QED) is 0.0708. The molecule has 0 aliphatic heterocycles. The number of unbranched alkanes of at least 4 members (excludes halogenated alkanes) is 3. The Kier molecular flexibility index (Phi) is 17.6. The van der Waals surface area contributed by atoms with Gasteiger partial charge in [-0.25, -0.2) is 0 Å². The van der Waals surface area contributed by atoms with Crippen LogP contribution in [0, 0.1) is 0 Å². The van der Waals surface area contributed by atoms with Gasteiger partial charge in [-0.15, -0.1) is 0 Å². The van der Waals surface area contributed by atoms with Crippen LogP contribution in [0.1, 0.15) is 141 Å². The lowest BCUT2D eigenvalue weighted by molar-refractivity contribution is -0.512. The number of carbonyl (C=O) groups excluding carboxylic acids is 1. The molecular formula is C44H67ClN4OP+. The Hall–Kier alpha value is -2.62. The number of anilines is 1. The molecule has 2 fully saturated rings. The monoisotopic (exact) mass is 733 g/mol. The molecule has 1 amide bonds. The van der Waals surface area contributed by atoms with Crippen LogP contribution in [-0.2, 0) is 11.0 Å². The molecule has 0 saturated heterocycles. The van der Waals surface area contributed by atoms with E-state index in [9.17, 15) is 4.79 Å². The average molecular weight is 734 g/mol. The van der Waals surface area contributed by atoms with Crippen molar-refractivity contribution in [2.24, 2.45) is 0 Å². The Balaban J connectivity index is 0.00000583. The normalized spacial score (nSPS) is 16.7. The van der Waals surface area contributed by atoms with Crippen LogP contribution in [0.25, 0.3) is 10.8 Å². The molecule has 0 aromatic heterocycles. The molecule has 5 rings (SSSR count). The number of amides is 1. The molecule has 7 heteroatoms. The number of hydrogen-bond donors (Lipinski definition) is 4. The average Bonchev–Trinajstić information content (AvgIpc) is 3.15. The van der Waals surface area contributed by atoms with Crippen LogP contribution in [0.4, 0.5) is 5.69 Å². The van der Waals surface area contributed by atoms with Crippen LogP contribution in [0.5, 0.6) is 0 Å². The highest BCUT2D eigenvalue weighted by Crippen LogP contribution is 2.63. The van der Waals surface area contributed by atoms with E-state index < -0.39 is 13.3 Å². The molecule has 1 atom stereocenters. The minimum absolute atomic E-state index is 0. The van der Waals surface area contributed by atoms with E-state index in [1.54, 1.807) is 0 Å². The van der Waals surface area contributed by atoms with Gasteiger partial charge in [0.25, 0.3) is 5.91 Å². The van der Waals surface area contributed by atoms with Crippen molar-refractivity contribution in [1.82, 2.24) is 10.6 Å². The second kappa shape index (κ2) is 21.8. The van der Waals surface area contributed by atoms with E-state index in [1.165, 1.54) is 138 Å². The molecule has 0 spiro atoms. The number of benzene rings is 3. The van der Waals surface area contributed by atoms with E-state index in [2.05, 4.69) is 108 Å². The summed E-state index contributed by atoms with van der Waals surface area (Å²) in [6.45, 7) is 7.01. The minimum atomic E-state index is -1.05. The maximum atomic E-state index is 14.4. The van der Waals surface area contributed by atoms with E-state index in [0.29, 0.717) is 12.1 Å².